The summed E-state index contributed by atoms with van der Waals surface area (Å²) in [5.41, 5.74) is 2.99. The minimum absolute atomic E-state index is 0.212. The van der Waals surface area contributed by atoms with E-state index in [2.05, 4.69) is 33.0 Å². The van der Waals surface area contributed by atoms with Crippen LogP contribution in [0, 0.1) is 0 Å². The van der Waals surface area contributed by atoms with Crippen molar-refractivity contribution in [1.29, 1.82) is 0 Å². The molecule has 3 N–H and O–H groups in total. The molecule has 37 heavy (non-hydrogen) atoms. The van der Waals surface area contributed by atoms with Gasteiger partial charge in [0.25, 0.3) is 5.91 Å². The van der Waals surface area contributed by atoms with E-state index in [-0.39, 0.29) is 11.3 Å². The van der Waals surface area contributed by atoms with Gasteiger partial charge in [0.2, 0.25) is 0 Å². The van der Waals surface area contributed by atoms with Crippen molar-refractivity contribution in [3.8, 4) is 0 Å². The van der Waals surface area contributed by atoms with Crippen molar-refractivity contribution < 1.29 is 9.59 Å². The average Bonchev–Trinajstić information content (AvgIpc) is 3.68. The van der Waals surface area contributed by atoms with Gasteiger partial charge in [-0.3, -0.25) is 10.1 Å². The van der Waals surface area contributed by atoms with Crippen LogP contribution in [0.3, 0.4) is 0 Å². The zero-order valence-corrected chi connectivity index (χ0v) is 22.4. The maximum Gasteiger partial charge on any atom is 0.320 e. The van der Waals surface area contributed by atoms with E-state index in [9.17, 15) is 9.59 Å². The Hall–Kier alpha value is -2.87. The van der Waals surface area contributed by atoms with Crippen LogP contribution in [-0.4, -0.2) is 36.5 Å². The number of hydrogen-bond acceptors (Lipinski definition) is 4. The van der Waals surface area contributed by atoms with E-state index in [1.54, 1.807) is 12.1 Å². The number of thiophene rings is 1. The van der Waals surface area contributed by atoms with Crippen LogP contribution in [0.1, 0.15) is 55.7 Å². The van der Waals surface area contributed by atoms with Gasteiger partial charge < -0.3 is 15.5 Å². The van der Waals surface area contributed by atoms with Crippen LogP contribution in [0.4, 0.5) is 15.5 Å². The lowest BCUT2D eigenvalue weighted by molar-refractivity contribution is -0.118. The van der Waals surface area contributed by atoms with E-state index < -0.39 is 12.1 Å². The first-order valence-corrected chi connectivity index (χ1v) is 14.2. The number of hydrogen-bond donors (Lipinski definition) is 3. The Morgan fingerprint density at radius 2 is 1.59 bits per heavy atom. The number of urea groups is 1. The number of rotatable bonds is 8. The van der Waals surface area contributed by atoms with E-state index in [0.717, 1.165) is 12.2 Å². The smallest absolute Gasteiger partial charge is 0.320 e. The van der Waals surface area contributed by atoms with Gasteiger partial charge in [-0.1, -0.05) is 66.9 Å². The summed E-state index contributed by atoms with van der Waals surface area (Å²) < 4.78 is 0.580. The minimum atomic E-state index is -0.854. The number of carbonyl (C=O) groups excluding carboxylic acids is 2. The topological polar surface area (TPSA) is 73.5 Å². The summed E-state index contributed by atoms with van der Waals surface area (Å²) in [4.78, 5) is 28.7. The highest BCUT2D eigenvalue weighted by Gasteiger charge is 2.37. The highest BCUT2D eigenvalue weighted by molar-refractivity contribution is 7.20. The molecule has 2 fully saturated rings. The second kappa shape index (κ2) is 11.7. The molecule has 5 rings (SSSR count). The molecule has 1 saturated carbocycles. The molecule has 0 radical (unpaired) electrons. The van der Waals surface area contributed by atoms with Crippen molar-refractivity contribution in [1.82, 2.24) is 10.2 Å². The third-order valence-corrected chi connectivity index (χ3v) is 8.68. The zero-order valence-electron chi connectivity index (χ0n) is 20.8. The van der Waals surface area contributed by atoms with E-state index >= 15 is 0 Å². The largest absolute Gasteiger partial charge is 0.324 e. The molecular weight excluding hydrogens is 504 g/mol. The molecule has 2 heterocycles. The van der Waals surface area contributed by atoms with Crippen molar-refractivity contribution in [2.24, 2.45) is 0 Å². The Labute approximate surface area is 227 Å². The number of amides is 3. The van der Waals surface area contributed by atoms with E-state index in [0.29, 0.717) is 14.9 Å². The predicted octanol–water partition coefficient (Wildman–Crippen LogP) is 6.81. The maximum atomic E-state index is 13.4. The Bertz CT molecular complexity index is 1200. The van der Waals surface area contributed by atoms with Crippen LogP contribution in [0.2, 0.25) is 4.34 Å². The molecular formula is C29H33ClN4O2S. The predicted molar refractivity (Wildman–Crippen MR) is 152 cm³/mol. The fraction of sp³-hybridized carbons (Fsp3) is 0.379. The highest BCUT2D eigenvalue weighted by atomic mass is 35.5. The number of anilines is 2. The zero-order chi connectivity index (χ0) is 25.7. The molecule has 1 aliphatic heterocycles. The third-order valence-electron chi connectivity index (χ3n) is 7.53. The van der Waals surface area contributed by atoms with Crippen molar-refractivity contribution in [2.45, 2.75) is 50.0 Å². The first-order valence-electron chi connectivity index (χ1n) is 13.0. The molecule has 0 spiro atoms. The Balaban J connectivity index is 1.28. The molecule has 1 saturated heterocycles. The lowest BCUT2D eigenvalue weighted by atomic mass is 9.78. The summed E-state index contributed by atoms with van der Waals surface area (Å²) in [6, 6.07) is 19.7. The maximum absolute atomic E-state index is 13.4. The quantitative estimate of drug-likeness (QED) is 0.296. The molecule has 2 aromatic carbocycles. The first kappa shape index (κ1) is 25.8. The standard InChI is InChI=1S/C29H33ClN4O2S/c30-24-14-15-25(37-24)32-28(36)33-26(21-8-2-1-3-9-21)27(35)31-23-12-10-22(11-13-23)29(16-4-5-17-29)20-34-18-6-7-19-34/h1-3,8-15,26H,4-7,16-20H2,(H,31,35)(H2,32,33,36). The van der Waals surface area contributed by atoms with Gasteiger partial charge >= 0.3 is 6.03 Å². The van der Waals surface area contributed by atoms with Gasteiger partial charge in [-0.15, -0.1) is 11.3 Å². The summed E-state index contributed by atoms with van der Waals surface area (Å²) in [5.74, 6) is -0.300. The molecule has 8 heteroatoms. The van der Waals surface area contributed by atoms with Gasteiger partial charge in [0.1, 0.15) is 6.04 Å². The lowest BCUT2D eigenvalue weighted by Crippen LogP contribution is -2.39. The monoisotopic (exact) mass is 536 g/mol. The Morgan fingerprint density at radius 3 is 2.24 bits per heavy atom. The fourth-order valence-corrected chi connectivity index (χ4v) is 6.62. The van der Waals surface area contributed by atoms with Crippen LogP contribution < -0.4 is 16.0 Å². The molecule has 0 bridgehead atoms. The number of benzene rings is 2. The molecule has 3 amide bonds. The molecule has 3 aromatic rings. The van der Waals surface area contributed by atoms with Crippen LogP contribution in [0.5, 0.6) is 0 Å². The molecule has 2 aliphatic rings. The van der Waals surface area contributed by atoms with Gasteiger partial charge in [-0.25, -0.2) is 4.79 Å². The second-order valence-corrected chi connectivity index (χ2v) is 11.8. The van der Waals surface area contributed by atoms with Crippen LogP contribution in [-0.2, 0) is 10.2 Å². The van der Waals surface area contributed by atoms with Crippen LogP contribution in [0.15, 0.2) is 66.7 Å². The van der Waals surface area contributed by atoms with Gasteiger partial charge in [-0.2, -0.15) is 0 Å². The number of nitrogens with one attached hydrogen (secondary N) is 3. The SMILES string of the molecule is O=C(Nc1ccc(Cl)s1)NC(C(=O)Nc1ccc(C2(CN3CCCC3)CCCC2)cc1)c1ccccc1. The minimum Gasteiger partial charge on any atom is -0.324 e. The van der Waals surface area contributed by atoms with Crippen molar-refractivity contribution in [2.75, 3.05) is 30.3 Å². The number of nitrogens with zero attached hydrogens (tertiary/aromatic N) is 1. The van der Waals surface area contributed by atoms with Crippen molar-refractivity contribution in [3.63, 3.8) is 0 Å². The third kappa shape index (κ3) is 6.35. The summed E-state index contributed by atoms with van der Waals surface area (Å²) in [6.45, 7) is 3.54. The van der Waals surface area contributed by atoms with Crippen molar-refractivity contribution >= 4 is 45.6 Å². The molecule has 1 aliphatic carbocycles. The fourth-order valence-electron chi connectivity index (χ4n) is 5.69. The van der Waals surface area contributed by atoms with E-state index in [1.165, 1.54) is 68.5 Å². The van der Waals surface area contributed by atoms with E-state index in [4.69, 9.17) is 11.6 Å². The molecule has 1 aromatic heterocycles. The Morgan fingerprint density at radius 1 is 0.892 bits per heavy atom. The van der Waals surface area contributed by atoms with Gasteiger partial charge in [-0.05, 0) is 74.2 Å². The van der Waals surface area contributed by atoms with E-state index in [1.807, 2.05) is 42.5 Å². The van der Waals surface area contributed by atoms with Crippen molar-refractivity contribution in [3.05, 3.63) is 82.2 Å². The number of halogens is 1. The summed E-state index contributed by atoms with van der Waals surface area (Å²) in [5, 5.41) is 9.18. The van der Waals surface area contributed by atoms with Crippen LogP contribution >= 0.6 is 22.9 Å². The number of likely N-dealkylation sites (tertiary alicyclic amines) is 1. The summed E-state index contributed by atoms with van der Waals surface area (Å²) in [6.07, 6.45) is 7.60. The van der Waals surface area contributed by atoms with Gasteiger partial charge in [0.15, 0.2) is 0 Å². The molecule has 1 unspecified atom stereocenters. The highest BCUT2D eigenvalue weighted by Crippen LogP contribution is 2.42. The molecule has 1 atom stereocenters. The average molecular weight is 537 g/mol. The Kier molecular flexibility index (Phi) is 8.13. The van der Waals surface area contributed by atoms with Gasteiger partial charge in [0, 0.05) is 17.6 Å². The van der Waals surface area contributed by atoms with Crippen LogP contribution in [0.25, 0.3) is 0 Å². The molecule has 194 valence electrons. The normalized spacial score (nSPS) is 17.9. The molecule has 6 nitrogen and oxygen atoms in total. The summed E-state index contributed by atoms with van der Waals surface area (Å²) in [7, 11) is 0. The number of carbonyl (C=O) groups is 2. The second-order valence-electron chi connectivity index (χ2n) is 10.1. The summed E-state index contributed by atoms with van der Waals surface area (Å²) >= 11 is 7.23. The first-order chi connectivity index (χ1) is 18.0. The van der Waals surface area contributed by atoms with Gasteiger partial charge in [0.05, 0.1) is 9.34 Å². The lowest BCUT2D eigenvalue weighted by Gasteiger charge is -2.34.